The summed E-state index contributed by atoms with van der Waals surface area (Å²) < 4.78 is 281. The molecule has 0 aromatic carbocycles. The summed E-state index contributed by atoms with van der Waals surface area (Å²) in [7, 11) is 0. The maximum Gasteiger partial charge on any atom is 0.460 e. The normalized spacial score (nSPS) is 17.7. The lowest BCUT2D eigenvalue weighted by atomic mass is 9.86. The average Bonchev–Trinajstić information content (AvgIpc) is 2.58. The Morgan fingerprint density at radius 1 is 0.324 bits per heavy atom. The molecule has 0 spiro atoms. The van der Waals surface area contributed by atoms with E-state index in [4.69, 9.17) is 5.11 Å². The third-order valence-corrected chi connectivity index (χ3v) is 3.83. The molecule has 1 atom stereocenters. The lowest BCUT2D eigenvalue weighted by molar-refractivity contribution is -0.476. The summed E-state index contributed by atoms with van der Waals surface area (Å²) in [4.78, 5) is 0. The molecule has 0 aliphatic carbocycles. The van der Waals surface area contributed by atoms with Crippen LogP contribution in [0.15, 0.2) is 0 Å². The highest BCUT2D eigenvalue weighted by Crippen LogP contribution is 2.66. The second-order valence-corrected chi connectivity index (χ2v) is 6.05. The number of aliphatic hydroxyl groups is 1. The number of aliphatic hydroxyl groups excluding tert-OH is 1. The summed E-state index contributed by atoms with van der Waals surface area (Å²) >= 11 is 0. The van der Waals surface area contributed by atoms with Gasteiger partial charge >= 0.3 is 59.5 Å². The van der Waals surface area contributed by atoms with Gasteiger partial charge in [-0.2, -0.15) is 92.2 Å². The Hall–Kier alpha value is -1.58. The van der Waals surface area contributed by atoms with Crippen molar-refractivity contribution in [2.75, 3.05) is 0 Å². The molecule has 0 saturated carbocycles. The van der Waals surface area contributed by atoms with E-state index in [-0.39, 0.29) is 0 Å². The van der Waals surface area contributed by atoms with Crippen LogP contribution in [0.4, 0.5) is 96.6 Å². The smallest absolute Gasteiger partial charge is 0.359 e. The first-order chi connectivity index (χ1) is 14.2. The van der Waals surface area contributed by atoms with Gasteiger partial charge in [0.25, 0.3) is 6.36 Å². The van der Waals surface area contributed by atoms with E-state index in [1.54, 1.807) is 0 Å². The predicted octanol–water partition coefficient (Wildman–Crippen LogP) is 6.55. The van der Waals surface area contributed by atoms with E-state index in [1.807, 2.05) is 0 Å². The molecule has 206 valence electrons. The summed E-state index contributed by atoms with van der Waals surface area (Å²) in [6.45, 7) is 0. The van der Waals surface area contributed by atoms with Crippen molar-refractivity contribution in [2.45, 2.75) is 65.8 Å². The zero-order valence-electron chi connectivity index (χ0n) is 14.3. The molecular formula is C11H2F22O. The van der Waals surface area contributed by atoms with Crippen molar-refractivity contribution < 1.29 is 102 Å². The van der Waals surface area contributed by atoms with E-state index in [0.717, 1.165) is 0 Å². The SMILES string of the molecule is OC(F)C(F)(F)C(F)(F)C(F)(F)C(F)(F)C(F)(F)C(F)(F)C(F)(F)C(F)(F)C(F)(F)C(F)(F)F. The molecule has 23 heteroatoms. The molecule has 34 heavy (non-hydrogen) atoms. The third-order valence-electron chi connectivity index (χ3n) is 3.83. The van der Waals surface area contributed by atoms with Gasteiger partial charge in [0.05, 0.1) is 0 Å². The molecule has 1 unspecified atom stereocenters. The second-order valence-electron chi connectivity index (χ2n) is 6.05. The summed E-state index contributed by atoms with van der Waals surface area (Å²) in [6, 6.07) is 0. The minimum atomic E-state index is -9.29. The lowest BCUT2D eigenvalue weighted by Crippen LogP contribution is -2.77. The third kappa shape index (κ3) is 3.61. The van der Waals surface area contributed by atoms with Crippen LogP contribution in [-0.4, -0.2) is 70.9 Å². The van der Waals surface area contributed by atoms with Crippen molar-refractivity contribution in [2.24, 2.45) is 0 Å². The van der Waals surface area contributed by atoms with Crippen LogP contribution in [0, 0.1) is 0 Å². The van der Waals surface area contributed by atoms with Crippen molar-refractivity contribution in [3.05, 3.63) is 0 Å². The first-order valence-corrected chi connectivity index (χ1v) is 6.98. The molecule has 0 radical (unpaired) electrons. The van der Waals surface area contributed by atoms with Crippen molar-refractivity contribution >= 4 is 0 Å². The largest absolute Gasteiger partial charge is 0.460 e. The van der Waals surface area contributed by atoms with Crippen LogP contribution < -0.4 is 0 Å². The van der Waals surface area contributed by atoms with Crippen LogP contribution in [0.25, 0.3) is 0 Å². The Morgan fingerprint density at radius 2 is 0.500 bits per heavy atom. The van der Waals surface area contributed by atoms with Crippen LogP contribution in [0.5, 0.6) is 0 Å². The Bertz CT molecular complexity index is 742. The second kappa shape index (κ2) is 7.71. The fourth-order valence-electron chi connectivity index (χ4n) is 1.72. The summed E-state index contributed by atoms with van der Waals surface area (Å²) in [5.41, 5.74) is 0. The fraction of sp³-hybridized carbons (Fsp3) is 1.00. The number of halogens is 22. The highest BCUT2D eigenvalue weighted by atomic mass is 19.4. The van der Waals surface area contributed by atoms with Crippen LogP contribution in [0.3, 0.4) is 0 Å². The van der Waals surface area contributed by atoms with Gasteiger partial charge in [-0.1, -0.05) is 0 Å². The lowest BCUT2D eigenvalue weighted by Gasteiger charge is -2.44. The standard InChI is InChI=1S/C11H2F22O/c12-1(34)2(13,14)3(15,16)4(17,18)5(19,20)6(21,22)7(23,24)8(25,26)9(27,28)10(29,30)11(31,32)33/h1,34H. The van der Waals surface area contributed by atoms with Gasteiger partial charge in [0.15, 0.2) is 0 Å². The quantitative estimate of drug-likeness (QED) is 0.313. The molecule has 0 heterocycles. The summed E-state index contributed by atoms with van der Waals surface area (Å²) in [5, 5.41) is 7.59. The Kier molecular flexibility index (Phi) is 7.35. The van der Waals surface area contributed by atoms with Crippen molar-refractivity contribution in [3.8, 4) is 0 Å². The molecule has 0 saturated heterocycles. The van der Waals surface area contributed by atoms with Crippen LogP contribution >= 0.6 is 0 Å². The van der Waals surface area contributed by atoms with Gasteiger partial charge in [0, 0.05) is 0 Å². The molecule has 0 aliphatic heterocycles. The van der Waals surface area contributed by atoms with E-state index >= 15 is 0 Å². The van der Waals surface area contributed by atoms with Gasteiger partial charge < -0.3 is 5.11 Å². The van der Waals surface area contributed by atoms with Crippen molar-refractivity contribution in [1.29, 1.82) is 0 Å². The fourth-order valence-corrected chi connectivity index (χ4v) is 1.72. The molecule has 0 bridgehead atoms. The van der Waals surface area contributed by atoms with Crippen molar-refractivity contribution in [1.82, 2.24) is 0 Å². The Labute approximate surface area is 169 Å². The monoisotopic (exact) mass is 568 g/mol. The van der Waals surface area contributed by atoms with Gasteiger partial charge in [0.2, 0.25) is 0 Å². The number of hydrogen-bond acceptors (Lipinski definition) is 1. The molecular weight excluding hydrogens is 566 g/mol. The van der Waals surface area contributed by atoms with E-state index in [0.29, 0.717) is 0 Å². The molecule has 1 nitrogen and oxygen atoms in total. The van der Waals surface area contributed by atoms with E-state index in [1.165, 1.54) is 0 Å². The first-order valence-electron chi connectivity index (χ1n) is 6.98. The highest BCUT2D eigenvalue weighted by molar-refractivity contribution is 5.18. The minimum absolute atomic E-state index is 5.70. The van der Waals surface area contributed by atoms with E-state index in [2.05, 4.69) is 0 Å². The van der Waals surface area contributed by atoms with Gasteiger partial charge in [-0.3, -0.25) is 0 Å². The van der Waals surface area contributed by atoms with Crippen LogP contribution in [-0.2, 0) is 0 Å². The number of rotatable bonds is 9. The molecule has 0 rings (SSSR count). The van der Waals surface area contributed by atoms with Crippen LogP contribution in [0.1, 0.15) is 0 Å². The molecule has 0 aromatic heterocycles. The zero-order valence-corrected chi connectivity index (χ0v) is 14.3. The van der Waals surface area contributed by atoms with Crippen LogP contribution in [0.2, 0.25) is 0 Å². The molecule has 0 aromatic rings. The van der Waals surface area contributed by atoms with Gasteiger partial charge in [-0.15, -0.1) is 0 Å². The Balaban J connectivity index is 7.08. The minimum Gasteiger partial charge on any atom is -0.359 e. The maximum atomic E-state index is 13.3. The summed E-state index contributed by atoms with van der Waals surface area (Å²) in [6.07, 6.45) is -13.8. The van der Waals surface area contributed by atoms with E-state index < -0.39 is 65.8 Å². The van der Waals surface area contributed by atoms with Gasteiger partial charge in [-0.05, 0) is 0 Å². The topological polar surface area (TPSA) is 20.2 Å². The predicted molar refractivity (Wildman–Crippen MR) is 57.7 cm³/mol. The van der Waals surface area contributed by atoms with Gasteiger partial charge in [0.1, 0.15) is 0 Å². The zero-order chi connectivity index (χ0) is 28.6. The maximum absolute atomic E-state index is 13.3. The summed E-state index contributed by atoms with van der Waals surface area (Å²) in [5.74, 6) is -79.4. The molecule has 0 fully saturated rings. The van der Waals surface area contributed by atoms with E-state index in [9.17, 15) is 96.6 Å². The highest BCUT2D eigenvalue weighted by Gasteiger charge is 2.98. The molecule has 0 aliphatic rings. The Morgan fingerprint density at radius 3 is 0.676 bits per heavy atom. The molecule has 1 N–H and O–H groups in total. The van der Waals surface area contributed by atoms with Gasteiger partial charge in [-0.25, -0.2) is 4.39 Å². The number of alkyl halides is 22. The molecule has 0 amide bonds. The first kappa shape index (κ1) is 32.4. The number of hydrogen-bond donors (Lipinski definition) is 1. The average molecular weight is 568 g/mol. The van der Waals surface area contributed by atoms with Crippen molar-refractivity contribution in [3.63, 3.8) is 0 Å².